The first-order valence-electron chi connectivity index (χ1n) is 8.21. The Bertz CT molecular complexity index is 745. The molecule has 2 rings (SSSR count). The second-order valence-electron chi connectivity index (χ2n) is 5.54. The Morgan fingerprint density at radius 3 is 2.69 bits per heavy atom. The number of hydrogen-bond acceptors (Lipinski definition) is 3. The zero-order valence-electron chi connectivity index (χ0n) is 14.3. The van der Waals surface area contributed by atoms with Gasteiger partial charge in [-0.2, -0.15) is 11.8 Å². The summed E-state index contributed by atoms with van der Waals surface area (Å²) in [6.07, 6.45) is -0.261. The molecule has 0 heterocycles. The monoisotopic (exact) mass is 415 g/mol. The molecular formula is C19H20Cl2FNO2S. The quantitative estimate of drug-likeness (QED) is 0.561. The molecule has 140 valence electrons. The van der Waals surface area contributed by atoms with Crippen LogP contribution in [0.5, 0.6) is 5.75 Å². The molecule has 0 spiro atoms. The summed E-state index contributed by atoms with van der Waals surface area (Å²) in [5.41, 5.74) is 1.07. The topological polar surface area (TPSA) is 38.3 Å². The first-order valence-corrected chi connectivity index (χ1v) is 10.1. The highest BCUT2D eigenvalue weighted by Gasteiger charge is 2.19. The summed E-state index contributed by atoms with van der Waals surface area (Å²) < 4.78 is 19.1. The van der Waals surface area contributed by atoms with Gasteiger partial charge in [0, 0.05) is 18.1 Å². The van der Waals surface area contributed by atoms with Gasteiger partial charge >= 0.3 is 0 Å². The first-order chi connectivity index (χ1) is 12.5. The largest absolute Gasteiger partial charge is 0.478 e. The Kier molecular flexibility index (Phi) is 8.55. The minimum Gasteiger partial charge on any atom is -0.478 e. The SMILES string of the molecule is CC[C@H](Oc1ccccc1F)C(=O)NCCSCc1ccc(Cl)c(Cl)c1. The van der Waals surface area contributed by atoms with E-state index in [-0.39, 0.29) is 11.7 Å². The predicted octanol–water partition coefficient (Wildman–Crippen LogP) is 5.34. The van der Waals surface area contributed by atoms with Gasteiger partial charge in [0.25, 0.3) is 5.91 Å². The number of carbonyl (C=O) groups is 1. The maximum Gasteiger partial charge on any atom is 0.261 e. The standard InChI is InChI=1S/C19H20Cl2FNO2S/c1-2-17(25-18-6-4-3-5-16(18)22)19(24)23-9-10-26-12-13-7-8-14(20)15(21)11-13/h3-8,11,17H,2,9-10,12H2,1H3,(H,23,24)/t17-/m0/s1. The Balaban J connectivity index is 1.73. The summed E-state index contributed by atoms with van der Waals surface area (Å²) in [6.45, 7) is 2.33. The third kappa shape index (κ3) is 6.38. The fourth-order valence-electron chi connectivity index (χ4n) is 2.20. The van der Waals surface area contributed by atoms with Gasteiger partial charge in [-0.25, -0.2) is 4.39 Å². The Morgan fingerprint density at radius 1 is 1.23 bits per heavy atom. The number of thioether (sulfide) groups is 1. The summed E-state index contributed by atoms with van der Waals surface area (Å²) >= 11 is 13.5. The molecule has 1 atom stereocenters. The summed E-state index contributed by atoms with van der Waals surface area (Å²) in [6, 6.07) is 11.6. The molecule has 1 amide bonds. The van der Waals surface area contributed by atoms with Crippen molar-refractivity contribution in [2.45, 2.75) is 25.2 Å². The van der Waals surface area contributed by atoms with E-state index < -0.39 is 11.9 Å². The van der Waals surface area contributed by atoms with Gasteiger partial charge in [-0.15, -0.1) is 0 Å². The van der Waals surface area contributed by atoms with Crippen LogP contribution in [0, 0.1) is 5.82 Å². The average molecular weight is 416 g/mol. The predicted molar refractivity (Wildman–Crippen MR) is 107 cm³/mol. The van der Waals surface area contributed by atoms with Crippen LogP contribution in [0.1, 0.15) is 18.9 Å². The van der Waals surface area contributed by atoms with E-state index >= 15 is 0 Å². The number of amides is 1. The number of para-hydroxylation sites is 1. The molecule has 0 radical (unpaired) electrons. The molecule has 0 bridgehead atoms. The number of hydrogen-bond donors (Lipinski definition) is 1. The van der Waals surface area contributed by atoms with E-state index in [1.54, 1.807) is 30.0 Å². The average Bonchev–Trinajstić information content (AvgIpc) is 2.63. The molecule has 0 saturated heterocycles. The van der Waals surface area contributed by atoms with Crippen molar-refractivity contribution in [2.24, 2.45) is 0 Å². The normalized spacial score (nSPS) is 11.8. The molecule has 0 unspecified atom stereocenters. The zero-order valence-corrected chi connectivity index (χ0v) is 16.6. The summed E-state index contributed by atoms with van der Waals surface area (Å²) in [5, 5.41) is 3.90. The van der Waals surface area contributed by atoms with Crippen molar-refractivity contribution >= 4 is 40.9 Å². The summed E-state index contributed by atoms with van der Waals surface area (Å²) in [5.74, 6) is 0.878. The van der Waals surface area contributed by atoms with Crippen molar-refractivity contribution < 1.29 is 13.9 Å². The van der Waals surface area contributed by atoms with Crippen LogP contribution in [0.3, 0.4) is 0 Å². The van der Waals surface area contributed by atoms with E-state index in [1.165, 1.54) is 12.1 Å². The van der Waals surface area contributed by atoms with Crippen molar-refractivity contribution in [3.8, 4) is 5.75 Å². The van der Waals surface area contributed by atoms with Gasteiger partial charge in [0.2, 0.25) is 0 Å². The van der Waals surface area contributed by atoms with Crippen LogP contribution in [-0.2, 0) is 10.5 Å². The fourth-order valence-corrected chi connectivity index (χ4v) is 3.32. The molecule has 1 N–H and O–H groups in total. The lowest BCUT2D eigenvalue weighted by molar-refractivity contribution is -0.128. The Labute approximate surface area is 167 Å². The van der Waals surface area contributed by atoms with Gasteiger partial charge in [0.1, 0.15) is 0 Å². The van der Waals surface area contributed by atoms with Crippen molar-refractivity contribution in [1.29, 1.82) is 0 Å². The van der Waals surface area contributed by atoms with E-state index in [2.05, 4.69) is 5.32 Å². The van der Waals surface area contributed by atoms with E-state index in [1.807, 2.05) is 19.1 Å². The molecular weight excluding hydrogens is 396 g/mol. The molecule has 26 heavy (non-hydrogen) atoms. The third-order valence-corrected chi connectivity index (χ3v) is 5.34. The number of benzene rings is 2. The van der Waals surface area contributed by atoms with Crippen molar-refractivity contribution in [3.05, 3.63) is 63.9 Å². The maximum atomic E-state index is 13.6. The molecule has 0 aliphatic heterocycles. The fraction of sp³-hybridized carbons (Fsp3) is 0.316. The Morgan fingerprint density at radius 2 is 2.00 bits per heavy atom. The smallest absolute Gasteiger partial charge is 0.261 e. The minimum absolute atomic E-state index is 0.0866. The van der Waals surface area contributed by atoms with Crippen LogP contribution in [0.4, 0.5) is 4.39 Å². The second-order valence-corrected chi connectivity index (χ2v) is 7.46. The molecule has 2 aromatic carbocycles. The molecule has 7 heteroatoms. The molecule has 2 aromatic rings. The van der Waals surface area contributed by atoms with E-state index in [9.17, 15) is 9.18 Å². The van der Waals surface area contributed by atoms with Crippen molar-refractivity contribution in [3.63, 3.8) is 0 Å². The van der Waals surface area contributed by atoms with Gasteiger partial charge in [-0.3, -0.25) is 4.79 Å². The summed E-state index contributed by atoms with van der Waals surface area (Å²) in [4.78, 5) is 12.2. The van der Waals surface area contributed by atoms with Crippen LogP contribution in [0.25, 0.3) is 0 Å². The van der Waals surface area contributed by atoms with Gasteiger partial charge in [-0.05, 0) is 36.2 Å². The van der Waals surface area contributed by atoms with Gasteiger partial charge in [0.15, 0.2) is 17.7 Å². The van der Waals surface area contributed by atoms with Gasteiger partial charge in [0.05, 0.1) is 10.0 Å². The molecule has 0 saturated carbocycles. The van der Waals surface area contributed by atoms with Crippen LogP contribution in [-0.4, -0.2) is 24.3 Å². The van der Waals surface area contributed by atoms with E-state index in [0.717, 1.165) is 17.1 Å². The number of ether oxygens (including phenoxy) is 1. The highest BCUT2D eigenvalue weighted by molar-refractivity contribution is 7.98. The van der Waals surface area contributed by atoms with E-state index in [0.29, 0.717) is 23.0 Å². The van der Waals surface area contributed by atoms with E-state index in [4.69, 9.17) is 27.9 Å². The molecule has 3 nitrogen and oxygen atoms in total. The number of nitrogens with one attached hydrogen (secondary N) is 1. The number of carbonyl (C=O) groups excluding carboxylic acids is 1. The van der Waals surface area contributed by atoms with Gasteiger partial charge < -0.3 is 10.1 Å². The van der Waals surface area contributed by atoms with Crippen molar-refractivity contribution in [1.82, 2.24) is 5.32 Å². The zero-order chi connectivity index (χ0) is 18.9. The lowest BCUT2D eigenvalue weighted by atomic mass is 10.2. The van der Waals surface area contributed by atoms with Crippen molar-refractivity contribution in [2.75, 3.05) is 12.3 Å². The lowest BCUT2D eigenvalue weighted by Crippen LogP contribution is -2.39. The van der Waals surface area contributed by atoms with Crippen LogP contribution < -0.4 is 10.1 Å². The highest BCUT2D eigenvalue weighted by Crippen LogP contribution is 2.24. The van der Waals surface area contributed by atoms with Gasteiger partial charge in [-0.1, -0.05) is 48.3 Å². The molecule has 0 aromatic heterocycles. The number of halogens is 3. The number of rotatable bonds is 9. The molecule has 0 aliphatic carbocycles. The highest BCUT2D eigenvalue weighted by atomic mass is 35.5. The first kappa shape index (κ1) is 20.9. The van der Waals surface area contributed by atoms with Crippen LogP contribution in [0.2, 0.25) is 10.0 Å². The molecule has 0 fully saturated rings. The maximum absolute atomic E-state index is 13.6. The second kappa shape index (κ2) is 10.7. The van der Waals surface area contributed by atoms with Crippen LogP contribution >= 0.6 is 35.0 Å². The lowest BCUT2D eigenvalue weighted by Gasteiger charge is -2.17. The minimum atomic E-state index is -0.716. The third-order valence-electron chi connectivity index (χ3n) is 3.57. The molecule has 0 aliphatic rings. The summed E-state index contributed by atoms with van der Waals surface area (Å²) in [7, 11) is 0. The van der Waals surface area contributed by atoms with Crippen LogP contribution in [0.15, 0.2) is 42.5 Å². The Hall–Kier alpha value is -1.43.